The van der Waals surface area contributed by atoms with E-state index < -0.39 is 0 Å². The quantitative estimate of drug-likeness (QED) is 0.288. The number of para-hydroxylation sites is 2. The zero-order valence-corrected chi connectivity index (χ0v) is 20.1. The molecule has 5 nitrogen and oxygen atoms in total. The minimum absolute atomic E-state index is 0.0224. The van der Waals surface area contributed by atoms with Crippen molar-refractivity contribution in [1.82, 2.24) is 14.9 Å². The number of unbranched alkanes of at least 4 members (excludes halogenated alkanes) is 1. The molecule has 0 saturated carbocycles. The number of imidazole rings is 1. The second kappa shape index (κ2) is 11.5. The van der Waals surface area contributed by atoms with Gasteiger partial charge in [-0.3, -0.25) is 4.79 Å². The van der Waals surface area contributed by atoms with E-state index in [1.807, 2.05) is 49.4 Å². The summed E-state index contributed by atoms with van der Waals surface area (Å²) in [6, 6.07) is 24.1. The lowest BCUT2D eigenvalue weighted by Crippen LogP contribution is -2.25. The van der Waals surface area contributed by atoms with Gasteiger partial charge in [0, 0.05) is 25.1 Å². The van der Waals surface area contributed by atoms with Crippen molar-refractivity contribution in [2.45, 2.75) is 46.1 Å². The Kier molecular flexibility index (Phi) is 7.97. The molecule has 0 aliphatic carbocycles. The van der Waals surface area contributed by atoms with Gasteiger partial charge in [-0.25, -0.2) is 4.98 Å². The predicted molar refractivity (Wildman–Crippen MR) is 137 cm³/mol. The molecule has 0 spiro atoms. The average molecular weight is 456 g/mol. The van der Waals surface area contributed by atoms with E-state index in [0.717, 1.165) is 54.9 Å². The number of aromatic nitrogens is 2. The number of carbonyl (C=O) groups excluding carboxylic acids is 1. The number of nitrogens with zero attached hydrogens (tertiary/aromatic N) is 2. The molecule has 0 radical (unpaired) electrons. The van der Waals surface area contributed by atoms with Crippen molar-refractivity contribution in [3.05, 3.63) is 95.3 Å². The van der Waals surface area contributed by atoms with Crippen LogP contribution in [0.2, 0.25) is 0 Å². The van der Waals surface area contributed by atoms with E-state index in [-0.39, 0.29) is 5.91 Å². The first-order chi connectivity index (χ1) is 16.6. The van der Waals surface area contributed by atoms with E-state index in [0.29, 0.717) is 18.7 Å². The molecular formula is C29H33N3O2. The number of carbonyl (C=O) groups is 1. The zero-order chi connectivity index (χ0) is 23.8. The lowest BCUT2D eigenvalue weighted by Gasteiger charge is -2.11. The molecule has 34 heavy (non-hydrogen) atoms. The van der Waals surface area contributed by atoms with Gasteiger partial charge in [0.1, 0.15) is 11.6 Å². The van der Waals surface area contributed by atoms with Crippen LogP contribution in [0.1, 0.15) is 46.6 Å². The van der Waals surface area contributed by atoms with Crippen molar-refractivity contribution in [2.75, 3.05) is 13.2 Å². The van der Waals surface area contributed by atoms with Crippen molar-refractivity contribution < 1.29 is 9.53 Å². The maximum atomic E-state index is 12.4. The molecule has 5 heteroatoms. The molecular weight excluding hydrogens is 422 g/mol. The van der Waals surface area contributed by atoms with E-state index in [2.05, 4.69) is 47.1 Å². The van der Waals surface area contributed by atoms with Crippen LogP contribution in [-0.2, 0) is 13.0 Å². The van der Waals surface area contributed by atoms with Gasteiger partial charge in [-0.2, -0.15) is 0 Å². The summed E-state index contributed by atoms with van der Waals surface area (Å²) in [5.41, 5.74) is 5.20. The molecule has 1 N–H and O–H groups in total. The van der Waals surface area contributed by atoms with Crippen LogP contribution in [0.15, 0.2) is 72.8 Å². The van der Waals surface area contributed by atoms with Gasteiger partial charge in [0.15, 0.2) is 0 Å². The Bertz CT molecular complexity index is 1250. The third-order valence-corrected chi connectivity index (χ3v) is 5.91. The van der Waals surface area contributed by atoms with Crippen LogP contribution in [0.4, 0.5) is 0 Å². The monoisotopic (exact) mass is 455 g/mol. The first-order valence-electron chi connectivity index (χ1n) is 12.1. The highest BCUT2D eigenvalue weighted by molar-refractivity contribution is 5.94. The molecule has 176 valence electrons. The highest BCUT2D eigenvalue weighted by Gasteiger charge is 2.11. The van der Waals surface area contributed by atoms with Crippen molar-refractivity contribution in [3.63, 3.8) is 0 Å². The van der Waals surface area contributed by atoms with Gasteiger partial charge in [-0.1, -0.05) is 42.0 Å². The fraction of sp³-hybridized carbons (Fsp3) is 0.310. The summed E-state index contributed by atoms with van der Waals surface area (Å²) in [5.74, 6) is 1.98. The average Bonchev–Trinajstić information content (AvgIpc) is 3.19. The van der Waals surface area contributed by atoms with Crippen LogP contribution in [0.3, 0.4) is 0 Å². The minimum Gasteiger partial charge on any atom is -0.494 e. The van der Waals surface area contributed by atoms with Gasteiger partial charge < -0.3 is 14.6 Å². The third-order valence-electron chi connectivity index (χ3n) is 5.91. The number of benzene rings is 3. The maximum Gasteiger partial charge on any atom is 0.251 e. The largest absolute Gasteiger partial charge is 0.494 e. The van der Waals surface area contributed by atoms with Crippen LogP contribution in [0.25, 0.3) is 11.0 Å². The molecule has 3 aromatic carbocycles. The number of amides is 1. The zero-order valence-electron chi connectivity index (χ0n) is 20.1. The molecule has 0 aliphatic rings. The Labute approximate surface area is 201 Å². The molecule has 0 saturated heterocycles. The van der Waals surface area contributed by atoms with Gasteiger partial charge in [0.2, 0.25) is 0 Å². The Morgan fingerprint density at radius 1 is 0.912 bits per heavy atom. The first-order valence-corrected chi connectivity index (χ1v) is 12.1. The second-order valence-electron chi connectivity index (χ2n) is 8.77. The van der Waals surface area contributed by atoms with Gasteiger partial charge in [0.05, 0.1) is 17.6 Å². The molecule has 4 aromatic rings. The lowest BCUT2D eigenvalue weighted by molar-refractivity contribution is 0.0953. The van der Waals surface area contributed by atoms with Crippen molar-refractivity contribution in [1.29, 1.82) is 0 Å². The minimum atomic E-state index is -0.0224. The fourth-order valence-electron chi connectivity index (χ4n) is 4.17. The molecule has 1 amide bonds. The van der Waals surface area contributed by atoms with E-state index in [4.69, 9.17) is 9.72 Å². The Morgan fingerprint density at radius 3 is 2.53 bits per heavy atom. The van der Waals surface area contributed by atoms with Crippen molar-refractivity contribution >= 4 is 16.9 Å². The molecule has 0 unspecified atom stereocenters. The topological polar surface area (TPSA) is 56.1 Å². The fourth-order valence-corrected chi connectivity index (χ4v) is 4.17. The highest BCUT2D eigenvalue weighted by atomic mass is 16.5. The molecule has 0 bridgehead atoms. The van der Waals surface area contributed by atoms with E-state index in [1.54, 1.807) is 0 Å². The van der Waals surface area contributed by atoms with Crippen LogP contribution < -0.4 is 10.1 Å². The van der Waals surface area contributed by atoms with Crippen LogP contribution in [-0.4, -0.2) is 28.6 Å². The number of ether oxygens (including phenoxy) is 1. The predicted octanol–water partition coefficient (Wildman–Crippen LogP) is 5.87. The van der Waals surface area contributed by atoms with Crippen molar-refractivity contribution in [2.24, 2.45) is 0 Å². The summed E-state index contributed by atoms with van der Waals surface area (Å²) in [6.45, 7) is 6.31. The maximum absolute atomic E-state index is 12.4. The number of fused-ring (bicyclic) bond motifs is 1. The van der Waals surface area contributed by atoms with E-state index >= 15 is 0 Å². The number of hydrogen-bond donors (Lipinski definition) is 1. The van der Waals surface area contributed by atoms with E-state index in [9.17, 15) is 4.79 Å². The Balaban J connectivity index is 1.29. The lowest BCUT2D eigenvalue weighted by atomic mass is 10.1. The number of nitrogens with one attached hydrogen (secondary N) is 1. The summed E-state index contributed by atoms with van der Waals surface area (Å²) in [5, 5.41) is 3.04. The van der Waals surface area contributed by atoms with Gasteiger partial charge in [0.25, 0.3) is 5.91 Å². The van der Waals surface area contributed by atoms with Gasteiger partial charge >= 0.3 is 0 Å². The molecule has 0 fully saturated rings. The standard InChI is InChI=1S/C29H33N3O2/c1-22-10-7-12-24(20-22)29(33)30-17-9-16-28-31-26-14-3-4-15-27(26)32(28)18-5-6-19-34-25-13-8-11-23(2)21-25/h3-4,7-8,10-15,20-21H,5-6,9,16-19H2,1-2H3,(H,30,33). The normalized spacial score (nSPS) is 11.0. The molecule has 0 aliphatic heterocycles. The molecule has 0 atom stereocenters. The summed E-state index contributed by atoms with van der Waals surface area (Å²) in [7, 11) is 0. The molecule has 1 aromatic heterocycles. The molecule has 4 rings (SSSR count). The van der Waals surface area contributed by atoms with E-state index in [1.165, 1.54) is 11.1 Å². The van der Waals surface area contributed by atoms with Crippen LogP contribution in [0.5, 0.6) is 5.75 Å². The SMILES string of the molecule is Cc1cccc(OCCCCn2c(CCCNC(=O)c3cccc(C)c3)nc3ccccc32)c1. The van der Waals surface area contributed by atoms with Gasteiger partial charge in [-0.05, 0) is 75.1 Å². The summed E-state index contributed by atoms with van der Waals surface area (Å²) in [4.78, 5) is 17.3. The third kappa shape index (κ3) is 6.25. The number of aryl methyl sites for hydroxylation is 4. The Hall–Kier alpha value is -3.60. The van der Waals surface area contributed by atoms with Crippen LogP contribution in [0, 0.1) is 13.8 Å². The summed E-state index contributed by atoms with van der Waals surface area (Å²) < 4.78 is 8.23. The summed E-state index contributed by atoms with van der Waals surface area (Å²) in [6.07, 6.45) is 3.66. The highest BCUT2D eigenvalue weighted by Crippen LogP contribution is 2.19. The van der Waals surface area contributed by atoms with Gasteiger partial charge in [-0.15, -0.1) is 0 Å². The first kappa shape index (κ1) is 23.6. The summed E-state index contributed by atoms with van der Waals surface area (Å²) >= 11 is 0. The number of rotatable bonds is 11. The molecule has 1 heterocycles. The smallest absolute Gasteiger partial charge is 0.251 e. The number of hydrogen-bond acceptors (Lipinski definition) is 3. The van der Waals surface area contributed by atoms with Crippen LogP contribution >= 0.6 is 0 Å². The van der Waals surface area contributed by atoms with Crippen molar-refractivity contribution in [3.8, 4) is 5.75 Å². The second-order valence-corrected chi connectivity index (χ2v) is 8.77. The Morgan fingerprint density at radius 2 is 1.71 bits per heavy atom.